The third-order valence-electron chi connectivity index (χ3n) is 3.96. The molecule has 0 aromatic heterocycles. The fraction of sp³-hybridized carbons (Fsp3) is 0.533. The highest BCUT2D eigenvalue weighted by Crippen LogP contribution is 2.35. The van der Waals surface area contributed by atoms with E-state index in [0.29, 0.717) is 31.6 Å². The highest BCUT2D eigenvalue weighted by Gasteiger charge is 2.42. The first-order chi connectivity index (χ1) is 10.4. The van der Waals surface area contributed by atoms with Crippen molar-refractivity contribution in [1.29, 1.82) is 0 Å². The summed E-state index contributed by atoms with van der Waals surface area (Å²) in [6.07, 6.45) is 0.632. The molecule has 0 atom stereocenters. The Hall–Kier alpha value is -1.60. The quantitative estimate of drug-likeness (QED) is 0.867. The fourth-order valence-electron chi connectivity index (χ4n) is 2.60. The number of rotatable bonds is 5. The summed E-state index contributed by atoms with van der Waals surface area (Å²) in [5.74, 6) is -4.18. The number of amides is 1. The summed E-state index contributed by atoms with van der Waals surface area (Å²) in [5.41, 5.74) is 4.39. The van der Waals surface area contributed by atoms with Crippen LogP contribution in [-0.2, 0) is 14.9 Å². The Bertz CT molecular complexity index is 531. The molecule has 1 aliphatic heterocycles. The van der Waals surface area contributed by atoms with Crippen LogP contribution in [0.15, 0.2) is 24.3 Å². The van der Waals surface area contributed by atoms with E-state index in [2.05, 4.69) is 5.32 Å². The van der Waals surface area contributed by atoms with Crippen LogP contribution in [0.2, 0.25) is 0 Å². The van der Waals surface area contributed by atoms with Crippen LogP contribution in [0, 0.1) is 5.82 Å². The summed E-state index contributed by atoms with van der Waals surface area (Å²) >= 11 is 0. The van der Waals surface area contributed by atoms with Crippen LogP contribution in [0.4, 0.5) is 13.2 Å². The summed E-state index contributed by atoms with van der Waals surface area (Å²) in [4.78, 5) is 12.5. The Morgan fingerprint density at radius 1 is 1.36 bits per heavy atom. The van der Waals surface area contributed by atoms with Gasteiger partial charge in [0.05, 0.1) is 18.5 Å². The highest BCUT2D eigenvalue weighted by atomic mass is 19.3. The monoisotopic (exact) mass is 316 g/mol. The zero-order valence-electron chi connectivity index (χ0n) is 12.1. The summed E-state index contributed by atoms with van der Waals surface area (Å²) < 4.78 is 45.2. The summed E-state index contributed by atoms with van der Waals surface area (Å²) in [6, 6.07) is 5.68. The maximum Gasteiger partial charge on any atom is 0.277 e. The van der Waals surface area contributed by atoms with Crippen molar-refractivity contribution in [3.8, 4) is 0 Å². The lowest BCUT2D eigenvalue weighted by atomic mass is 9.73. The van der Waals surface area contributed by atoms with Gasteiger partial charge in [0.2, 0.25) is 5.91 Å². The largest absolute Gasteiger partial charge is 0.381 e. The smallest absolute Gasteiger partial charge is 0.277 e. The van der Waals surface area contributed by atoms with Crippen molar-refractivity contribution in [2.24, 2.45) is 5.73 Å². The predicted octanol–water partition coefficient (Wildman–Crippen LogP) is 1.58. The molecule has 0 aliphatic carbocycles. The van der Waals surface area contributed by atoms with E-state index in [1.165, 1.54) is 18.2 Å². The molecule has 3 N–H and O–H groups in total. The number of benzene rings is 1. The molecular formula is C15H19F3N2O2. The molecule has 1 saturated heterocycles. The number of hydrogen-bond donors (Lipinski definition) is 2. The minimum atomic E-state index is -3.16. The average Bonchev–Trinajstić information content (AvgIpc) is 2.53. The third-order valence-corrected chi connectivity index (χ3v) is 3.96. The van der Waals surface area contributed by atoms with Crippen molar-refractivity contribution >= 4 is 5.91 Å². The molecule has 0 spiro atoms. The van der Waals surface area contributed by atoms with Crippen LogP contribution >= 0.6 is 0 Å². The van der Waals surface area contributed by atoms with E-state index in [4.69, 9.17) is 10.5 Å². The standard InChI is InChI=1S/C15H19F3N2O2/c16-12-3-1-2-11(8-12)14(4-6-22-7-5-14)13(21)20-10-15(17,18)9-19/h1-3,8H,4-7,9-10,19H2,(H,20,21). The SMILES string of the molecule is NCC(F)(F)CNC(=O)C1(c2cccc(F)c2)CCOCC1. The van der Waals surface area contributed by atoms with Gasteiger partial charge in [-0.25, -0.2) is 13.2 Å². The minimum absolute atomic E-state index is 0.316. The number of halogens is 3. The second-order valence-electron chi connectivity index (χ2n) is 5.45. The Labute approximate surface area is 126 Å². The van der Waals surface area contributed by atoms with Crippen molar-refractivity contribution in [2.75, 3.05) is 26.3 Å². The maximum atomic E-state index is 13.5. The lowest BCUT2D eigenvalue weighted by Gasteiger charge is -2.36. The molecule has 0 radical (unpaired) electrons. The average molecular weight is 316 g/mol. The normalized spacial score (nSPS) is 18.0. The lowest BCUT2D eigenvalue weighted by molar-refractivity contribution is -0.132. The molecule has 22 heavy (non-hydrogen) atoms. The van der Waals surface area contributed by atoms with Gasteiger partial charge in [-0.3, -0.25) is 4.79 Å². The number of ether oxygens (including phenoxy) is 1. The number of carbonyl (C=O) groups excluding carboxylic acids is 1. The first-order valence-corrected chi connectivity index (χ1v) is 7.10. The lowest BCUT2D eigenvalue weighted by Crippen LogP contribution is -2.51. The number of hydrogen-bond acceptors (Lipinski definition) is 3. The Kier molecular flexibility index (Phi) is 5.08. The fourth-order valence-corrected chi connectivity index (χ4v) is 2.60. The van der Waals surface area contributed by atoms with Crippen molar-refractivity contribution < 1.29 is 22.7 Å². The van der Waals surface area contributed by atoms with Crippen LogP contribution in [0.25, 0.3) is 0 Å². The zero-order chi connectivity index (χ0) is 16.2. The minimum Gasteiger partial charge on any atom is -0.381 e. The number of nitrogens with one attached hydrogen (secondary N) is 1. The molecule has 1 amide bonds. The zero-order valence-corrected chi connectivity index (χ0v) is 12.1. The van der Waals surface area contributed by atoms with E-state index < -0.39 is 36.2 Å². The second-order valence-corrected chi connectivity index (χ2v) is 5.45. The van der Waals surface area contributed by atoms with E-state index in [9.17, 15) is 18.0 Å². The summed E-state index contributed by atoms with van der Waals surface area (Å²) in [6.45, 7) is -1.04. The summed E-state index contributed by atoms with van der Waals surface area (Å²) in [7, 11) is 0. The van der Waals surface area contributed by atoms with Gasteiger partial charge in [-0.2, -0.15) is 0 Å². The van der Waals surface area contributed by atoms with E-state index >= 15 is 0 Å². The highest BCUT2D eigenvalue weighted by molar-refractivity contribution is 5.88. The Balaban J connectivity index is 2.24. The molecule has 1 aliphatic rings. The number of nitrogens with two attached hydrogens (primary N) is 1. The van der Waals surface area contributed by atoms with Crippen molar-refractivity contribution in [3.63, 3.8) is 0 Å². The summed E-state index contributed by atoms with van der Waals surface area (Å²) in [5, 5.41) is 2.26. The van der Waals surface area contributed by atoms with Crippen molar-refractivity contribution in [1.82, 2.24) is 5.32 Å². The van der Waals surface area contributed by atoms with Gasteiger partial charge >= 0.3 is 0 Å². The van der Waals surface area contributed by atoms with Gasteiger partial charge < -0.3 is 15.8 Å². The number of alkyl halides is 2. The van der Waals surface area contributed by atoms with Gasteiger partial charge in [-0.1, -0.05) is 12.1 Å². The molecule has 1 aromatic rings. The Morgan fingerprint density at radius 3 is 2.64 bits per heavy atom. The molecule has 2 rings (SSSR count). The first-order valence-electron chi connectivity index (χ1n) is 7.10. The van der Waals surface area contributed by atoms with Gasteiger partial charge in [0.1, 0.15) is 5.82 Å². The van der Waals surface area contributed by atoms with Crippen molar-refractivity contribution in [2.45, 2.75) is 24.2 Å². The molecule has 4 nitrogen and oxygen atoms in total. The maximum absolute atomic E-state index is 13.5. The molecule has 1 aromatic carbocycles. The van der Waals surface area contributed by atoms with Crippen LogP contribution < -0.4 is 11.1 Å². The van der Waals surface area contributed by atoms with Gasteiger partial charge in [-0.15, -0.1) is 0 Å². The van der Waals surface area contributed by atoms with Gasteiger partial charge in [0, 0.05) is 13.2 Å². The molecule has 0 unspecified atom stereocenters. The molecule has 1 fully saturated rings. The molecule has 122 valence electrons. The molecular weight excluding hydrogens is 297 g/mol. The molecule has 7 heteroatoms. The Morgan fingerprint density at radius 2 is 2.05 bits per heavy atom. The molecule has 0 saturated carbocycles. The number of carbonyl (C=O) groups is 1. The molecule has 0 bridgehead atoms. The van der Waals surface area contributed by atoms with Crippen LogP contribution in [0.1, 0.15) is 18.4 Å². The topological polar surface area (TPSA) is 64.3 Å². The van der Waals surface area contributed by atoms with Crippen LogP contribution in [0.5, 0.6) is 0 Å². The van der Waals surface area contributed by atoms with Crippen LogP contribution in [-0.4, -0.2) is 38.1 Å². The molecule has 1 heterocycles. The van der Waals surface area contributed by atoms with Gasteiger partial charge in [0.15, 0.2) is 0 Å². The third kappa shape index (κ3) is 3.59. The second kappa shape index (κ2) is 6.66. The van der Waals surface area contributed by atoms with E-state index in [1.54, 1.807) is 6.07 Å². The van der Waals surface area contributed by atoms with Crippen molar-refractivity contribution in [3.05, 3.63) is 35.6 Å². The van der Waals surface area contributed by atoms with Crippen LogP contribution in [0.3, 0.4) is 0 Å². The first kappa shape index (κ1) is 16.8. The predicted molar refractivity (Wildman–Crippen MR) is 75.1 cm³/mol. The van der Waals surface area contributed by atoms with E-state index in [-0.39, 0.29) is 0 Å². The van der Waals surface area contributed by atoms with Gasteiger partial charge in [0.25, 0.3) is 5.92 Å². The van der Waals surface area contributed by atoms with E-state index in [0.717, 1.165) is 0 Å². The van der Waals surface area contributed by atoms with E-state index in [1.807, 2.05) is 0 Å². The van der Waals surface area contributed by atoms with Gasteiger partial charge in [-0.05, 0) is 30.5 Å².